The van der Waals surface area contributed by atoms with Crippen LogP contribution in [0, 0.1) is 0 Å². The number of hydrogen-bond donors (Lipinski definition) is 2. The van der Waals surface area contributed by atoms with Crippen molar-refractivity contribution in [3.63, 3.8) is 0 Å². The van der Waals surface area contributed by atoms with Crippen molar-refractivity contribution in [3.05, 3.63) is 41.0 Å². The van der Waals surface area contributed by atoms with Crippen molar-refractivity contribution in [2.75, 3.05) is 11.9 Å². The predicted molar refractivity (Wildman–Crippen MR) is 99.0 cm³/mol. The number of anilines is 1. The third-order valence-electron chi connectivity index (χ3n) is 3.50. The Bertz CT molecular complexity index is 716. The number of benzene rings is 1. The molecule has 2 rings (SSSR count). The summed E-state index contributed by atoms with van der Waals surface area (Å²) in [6.07, 6.45) is 0. The number of para-hydroxylation sites is 1. The third-order valence-corrected chi connectivity index (χ3v) is 3.82. The Balaban J connectivity index is 2.37. The highest BCUT2D eigenvalue weighted by molar-refractivity contribution is 6.32. The van der Waals surface area contributed by atoms with E-state index in [1.165, 1.54) is 0 Å². The number of rotatable bonds is 5. The molecule has 0 atom stereocenters. The van der Waals surface area contributed by atoms with Gasteiger partial charge in [-0.05, 0) is 12.1 Å². The monoisotopic (exact) mass is 348 g/mol. The lowest BCUT2D eigenvalue weighted by Crippen LogP contribution is -2.33. The number of carbonyl (C=O) groups is 1. The first-order valence-electron chi connectivity index (χ1n) is 8.07. The molecule has 0 aliphatic rings. The Morgan fingerprint density at radius 2 is 1.96 bits per heavy atom. The number of hydrogen-bond acceptors (Lipinski definition) is 3. The zero-order valence-electron chi connectivity index (χ0n) is 14.9. The van der Waals surface area contributed by atoms with Crippen molar-refractivity contribution in [2.24, 2.45) is 0 Å². The van der Waals surface area contributed by atoms with Gasteiger partial charge in [0.15, 0.2) is 0 Å². The van der Waals surface area contributed by atoms with Crippen molar-refractivity contribution in [1.29, 1.82) is 0 Å². The van der Waals surface area contributed by atoms with Gasteiger partial charge in [-0.1, -0.05) is 58.4 Å². The highest BCUT2D eigenvalue weighted by Gasteiger charge is 2.22. The van der Waals surface area contributed by atoms with Crippen LogP contribution in [0.25, 0.3) is 5.69 Å². The average Bonchev–Trinajstić information content (AvgIpc) is 2.89. The largest absolute Gasteiger partial charge is 0.309 e. The predicted octanol–water partition coefficient (Wildman–Crippen LogP) is 3.76. The fraction of sp³-hybridized carbons (Fsp3) is 0.444. The molecule has 0 saturated heterocycles. The van der Waals surface area contributed by atoms with E-state index in [0.29, 0.717) is 10.8 Å². The molecule has 0 spiro atoms. The fourth-order valence-electron chi connectivity index (χ4n) is 2.13. The van der Waals surface area contributed by atoms with Gasteiger partial charge >= 0.3 is 0 Å². The number of amides is 1. The van der Waals surface area contributed by atoms with Gasteiger partial charge in [0.1, 0.15) is 5.82 Å². The molecule has 1 heterocycles. The molecule has 0 aliphatic heterocycles. The Labute approximate surface area is 148 Å². The van der Waals surface area contributed by atoms with Crippen molar-refractivity contribution in [3.8, 4) is 5.69 Å². The first kappa shape index (κ1) is 18.5. The lowest BCUT2D eigenvalue weighted by molar-refractivity contribution is -0.115. The van der Waals surface area contributed by atoms with E-state index in [-0.39, 0.29) is 23.9 Å². The minimum absolute atomic E-state index is 0.114. The molecular weight excluding hydrogens is 324 g/mol. The second-order valence-corrected chi connectivity index (χ2v) is 7.52. The quantitative estimate of drug-likeness (QED) is 0.864. The van der Waals surface area contributed by atoms with Crippen LogP contribution in [0.1, 0.15) is 40.3 Å². The molecule has 0 aliphatic carbocycles. The highest BCUT2D eigenvalue weighted by Crippen LogP contribution is 2.28. The summed E-state index contributed by atoms with van der Waals surface area (Å²) in [6.45, 7) is 10.5. The summed E-state index contributed by atoms with van der Waals surface area (Å²) in [7, 11) is 0. The van der Waals surface area contributed by atoms with Crippen LogP contribution < -0.4 is 10.6 Å². The molecule has 2 aromatic rings. The molecule has 1 aromatic heterocycles. The molecule has 0 saturated carbocycles. The Morgan fingerprint density at radius 3 is 2.54 bits per heavy atom. The minimum Gasteiger partial charge on any atom is -0.309 e. The topological polar surface area (TPSA) is 59.0 Å². The lowest BCUT2D eigenvalue weighted by atomic mass is 9.92. The fourth-order valence-corrected chi connectivity index (χ4v) is 2.34. The number of carbonyl (C=O) groups excluding carboxylic acids is 1. The van der Waals surface area contributed by atoms with Gasteiger partial charge in [-0.3, -0.25) is 4.79 Å². The van der Waals surface area contributed by atoms with Crippen LogP contribution in [0.4, 0.5) is 5.82 Å². The summed E-state index contributed by atoms with van der Waals surface area (Å²) in [4.78, 5) is 12.2. The number of nitrogens with one attached hydrogen (secondary N) is 2. The van der Waals surface area contributed by atoms with E-state index in [2.05, 4.69) is 36.5 Å². The summed E-state index contributed by atoms with van der Waals surface area (Å²) in [5.74, 6) is 0.501. The van der Waals surface area contributed by atoms with E-state index < -0.39 is 0 Å². The van der Waals surface area contributed by atoms with Crippen LogP contribution in [0.15, 0.2) is 30.3 Å². The summed E-state index contributed by atoms with van der Waals surface area (Å²) in [5, 5.41) is 11.3. The van der Waals surface area contributed by atoms with E-state index in [1.54, 1.807) is 10.7 Å². The molecule has 2 N–H and O–H groups in total. The van der Waals surface area contributed by atoms with Crippen molar-refractivity contribution in [2.45, 2.75) is 46.1 Å². The first-order chi connectivity index (χ1) is 11.2. The standard InChI is InChI=1S/C18H25ClN4O/c1-12(2)20-11-17(24)21-16-10-15(18(3,4)5)22-23(16)14-9-7-6-8-13(14)19/h6-10,12,20H,11H2,1-5H3,(H,21,24). The maximum absolute atomic E-state index is 12.2. The van der Waals surface area contributed by atoms with Crippen LogP contribution in [0.5, 0.6) is 0 Å². The summed E-state index contributed by atoms with van der Waals surface area (Å²) in [5.41, 5.74) is 1.48. The SMILES string of the molecule is CC(C)NCC(=O)Nc1cc(C(C)(C)C)nn1-c1ccccc1Cl. The van der Waals surface area contributed by atoms with Crippen molar-refractivity contribution < 1.29 is 4.79 Å². The Kier molecular flexibility index (Phi) is 5.67. The molecule has 1 aromatic carbocycles. The average molecular weight is 349 g/mol. The molecule has 1 amide bonds. The van der Waals surface area contributed by atoms with Crippen LogP contribution in [-0.2, 0) is 10.2 Å². The van der Waals surface area contributed by atoms with Gasteiger partial charge in [0.25, 0.3) is 0 Å². The molecule has 0 unspecified atom stereocenters. The zero-order chi connectivity index (χ0) is 17.9. The van der Waals surface area contributed by atoms with Crippen molar-refractivity contribution >= 4 is 23.3 Å². The van der Waals surface area contributed by atoms with Gasteiger partial charge < -0.3 is 10.6 Å². The Hall–Kier alpha value is -1.85. The van der Waals surface area contributed by atoms with Gasteiger partial charge in [-0.2, -0.15) is 5.10 Å². The van der Waals surface area contributed by atoms with E-state index in [9.17, 15) is 4.79 Å². The van der Waals surface area contributed by atoms with E-state index in [4.69, 9.17) is 11.6 Å². The maximum Gasteiger partial charge on any atom is 0.239 e. The molecule has 130 valence electrons. The highest BCUT2D eigenvalue weighted by atomic mass is 35.5. The molecular formula is C18H25ClN4O. The van der Waals surface area contributed by atoms with Gasteiger partial charge in [-0.25, -0.2) is 4.68 Å². The number of nitrogens with zero attached hydrogens (tertiary/aromatic N) is 2. The van der Waals surface area contributed by atoms with Gasteiger partial charge in [0.2, 0.25) is 5.91 Å². The van der Waals surface area contributed by atoms with Crippen LogP contribution in [0.2, 0.25) is 5.02 Å². The van der Waals surface area contributed by atoms with Crippen LogP contribution in [-0.4, -0.2) is 28.3 Å². The minimum atomic E-state index is -0.137. The second kappa shape index (κ2) is 7.36. The molecule has 0 radical (unpaired) electrons. The number of halogens is 1. The van der Waals surface area contributed by atoms with E-state index in [1.807, 2.05) is 38.1 Å². The van der Waals surface area contributed by atoms with Gasteiger partial charge in [0.05, 0.1) is 22.9 Å². The van der Waals surface area contributed by atoms with Gasteiger partial charge in [-0.15, -0.1) is 0 Å². The summed E-state index contributed by atoms with van der Waals surface area (Å²) in [6, 6.07) is 9.59. The molecule has 0 fully saturated rings. The normalized spacial score (nSPS) is 11.8. The molecule has 5 nitrogen and oxygen atoms in total. The zero-order valence-corrected chi connectivity index (χ0v) is 15.6. The first-order valence-corrected chi connectivity index (χ1v) is 8.45. The van der Waals surface area contributed by atoms with E-state index in [0.717, 1.165) is 11.4 Å². The van der Waals surface area contributed by atoms with Crippen LogP contribution >= 0.6 is 11.6 Å². The summed E-state index contributed by atoms with van der Waals surface area (Å²) < 4.78 is 1.69. The lowest BCUT2D eigenvalue weighted by Gasteiger charge is -2.14. The smallest absolute Gasteiger partial charge is 0.239 e. The van der Waals surface area contributed by atoms with Gasteiger partial charge in [0, 0.05) is 17.5 Å². The van der Waals surface area contributed by atoms with E-state index >= 15 is 0 Å². The third kappa shape index (κ3) is 4.58. The summed E-state index contributed by atoms with van der Waals surface area (Å²) >= 11 is 6.31. The number of aromatic nitrogens is 2. The Morgan fingerprint density at radius 1 is 1.29 bits per heavy atom. The maximum atomic E-state index is 12.2. The molecule has 24 heavy (non-hydrogen) atoms. The van der Waals surface area contributed by atoms with Crippen LogP contribution in [0.3, 0.4) is 0 Å². The van der Waals surface area contributed by atoms with Crippen molar-refractivity contribution in [1.82, 2.24) is 15.1 Å². The molecule has 0 bridgehead atoms. The second-order valence-electron chi connectivity index (χ2n) is 7.11. The molecule has 6 heteroatoms.